The molecule has 1 fully saturated rings. The van der Waals surface area contributed by atoms with Crippen molar-refractivity contribution in [2.45, 2.75) is 32.7 Å². The summed E-state index contributed by atoms with van der Waals surface area (Å²) in [6, 6.07) is 13.2. The first-order chi connectivity index (χ1) is 16.5. The number of hydrogen-bond acceptors (Lipinski definition) is 7. The molecule has 1 aliphatic heterocycles. The molecular weight excluding hydrogens is 430 g/mol. The smallest absolute Gasteiger partial charge is 0.259 e. The molecule has 1 aliphatic rings. The fourth-order valence-electron chi connectivity index (χ4n) is 4.57. The summed E-state index contributed by atoms with van der Waals surface area (Å²) in [5.41, 5.74) is 2.37. The Morgan fingerprint density at radius 3 is 2.68 bits per heavy atom. The maximum atomic E-state index is 14.0. The van der Waals surface area contributed by atoms with Gasteiger partial charge in [0.1, 0.15) is 11.6 Å². The normalized spacial score (nSPS) is 15.9. The minimum Gasteiger partial charge on any atom is -0.497 e. The number of piperidine rings is 1. The zero-order chi connectivity index (χ0) is 23.7. The lowest BCUT2D eigenvalue weighted by molar-refractivity contribution is 0.0972. The lowest BCUT2D eigenvalue weighted by atomic mass is 10.0. The van der Waals surface area contributed by atoms with Crippen molar-refractivity contribution in [3.05, 3.63) is 65.6 Å². The van der Waals surface area contributed by atoms with Gasteiger partial charge in [0.15, 0.2) is 5.82 Å². The van der Waals surface area contributed by atoms with Crippen LogP contribution in [-0.2, 0) is 0 Å². The molecule has 0 spiro atoms. The monoisotopic (exact) mass is 457 g/mol. The molecule has 3 heterocycles. The Kier molecular flexibility index (Phi) is 5.98. The van der Waals surface area contributed by atoms with E-state index in [1.54, 1.807) is 20.2 Å². The average Bonchev–Trinajstić information content (AvgIpc) is 3.31. The van der Waals surface area contributed by atoms with E-state index in [0.29, 0.717) is 23.1 Å². The second kappa shape index (κ2) is 9.23. The molecule has 4 aromatic rings. The molecule has 174 valence electrons. The van der Waals surface area contributed by atoms with Crippen LogP contribution in [0.25, 0.3) is 22.2 Å². The number of amides is 1. The number of aryl methyl sites for hydroxylation is 2. The summed E-state index contributed by atoms with van der Waals surface area (Å²) in [7, 11) is 1.66. The number of methoxy groups -OCH3 is 1. The molecular formula is C26H27N5O3. The van der Waals surface area contributed by atoms with Gasteiger partial charge in [-0.2, -0.15) is 4.98 Å². The van der Waals surface area contributed by atoms with E-state index >= 15 is 0 Å². The summed E-state index contributed by atoms with van der Waals surface area (Å²) in [5.74, 6) is 2.38. The van der Waals surface area contributed by atoms with E-state index in [0.717, 1.165) is 53.6 Å². The van der Waals surface area contributed by atoms with Crippen molar-refractivity contribution in [2.24, 2.45) is 0 Å². The van der Waals surface area contributed by atoms with Gasteiger partial charge < -0.3 is 14.6 Å². The van der Waals surface area contributed by atoms with Crippen LogP contribution in [0, 0.1) is 13.8 Å². The Bertz CT molecular complexity index is 1330. The number of carbonyl (C=O) groups is 1. The van der Waals surface area contributed by atoms with Crippen LogP contribution in [0.3, 0.4) is 0 Å². The SMILES string of the molecule is COc1cc(C)c2c(N(C(=O)c3ccc(-c4nc(C)no4)cc3)[C@@H]3CCCNC3)nccc2c1. The number of pyridine rings is 1. The number of hydrogen-bond donors (Lipinski definition) is 1. The Labute approximate surface area is 197 Å². The number of aromatic nitrogens is 3. The zero-order valence-electron chi connectivity index (χ0n) is 19.5. The van der Waals surface area contributed by atoms with Crippen molar-refractivity contribution in [1.82, 2.24) is 20.4 Å². The van der Waals surface area contributed by atoms with Crippen LogP contribution in [0.4, 0.5) is 5.82 Å². The summed E-state index contributed by atoms with van der Waals surface area (Å²) in [5, 5.41) is 9.23. The fourth-order valence-corrected chi connectivity index (χ4v) is 4.57. The van der Waals surface area contributed by atoms with Crippen LogP contribution >= 0.6 is 0 Å². The van der Waals surface area contributed by atoms with E-state index < -0.39 is 0 Å². The molecule has 0 radical (unpaired) electrons. The maximum absolute atomic E-state index is 14.0. The standard InChI is InChI=1S/C26H27N5O3/c1-16-13-22(33-3)14-20-10-12-28-24(23(16)20)31(21-5-4-11-27-15-21)26(32)19-8-6-18(7-9-19)25-29-17(2)30-34-25/h6-10,12-14,21,27H,4-5,11,15H2,1-3H3/t21-/m1/s1. The highest BCUT2D eigenvalue weighted by molar-refractivity contribution is 6.11. The lowest BCUT2D eigenvalue weighted by Gasteiger charge is -2.35. The van der Waals surface area contributed by atoms with Crippen LogP contribution in [0.15, 0.2) is 53.2 Å². The number of rotatable bonds is 5. The van der Waals surface area contributed by atoms with Gasteiger partial charge in [0.2, 0.25) is 0 Å². The predicted octanol–water partition coefficient (Wildman–Crippen LogP) is 4.31. The number of fused-ring (bicyclic) bond motifs is 1. The second-order valence-corrected chi connectivity index (χ2v) is 8.58. The first-order valence-corrected chi connectivity index (χ1v) is 11.4. The van der Waals surface area contributed by atoms with E-state index in [4.69, 9.17) is 14.2 Å². The van der Waals surface area contributed by atoms with Crippen molar-refractivity contribution in [2.75, 3.05) is 25.1 Å². The van der Waals surface area contributed by atoms with E-state index in [1.165, 1.54) is 0 Å². The Balaban J connectivity index is 1.58. The highest BCUT2D eigenvalue weighted by Crippen LogP contribution is 2.34. The Morgan fingerprint density at radius 2 is 2.00 bits per heavy atom. The number of anilines is 1. The molecule has 0 unspecified atom stereocenters. The summed E-state index contributed by atoms with van der Waals surface area (Å²) < 4.78 is 10.7. The van der Waals surface area contributed by atoms with E-state index in [2.05, 4.69) is 15.5 Å². The summed E-state index contributed by atoms with van der Waals surface area (Å²) in [6.07, 6.45) is 3.67. The molecule has 5 rings (SSSR count). The average molecular weight is 458 g/mol. The second-order valence-electron chi connectivity index (χ2n) is 8.58. The Hall–Kier alpha value is -3.78. The van der Waals surface area contributed by atoms with Gasteiger partial charge in [0.05, 0.1) is 13.2 Å². The number of ether oxygens (including phenoxy) is 1. The van der Waals surface area contributed by atoms with Crippen molar-refractivity contribution < 1.29 is 14.1 Å². The topological polar surface area (TPSA) is 93.4 Å². The highest BCUT2D eigenvalue weighted by atomic mass is 16.5. The van der Waals surface area contributed by atoms with Crippen LogP contribution in [0.2, 0.25) is 0 Å². The third-order valence-corrected chi connectivity index (χ3v) is 6.24. The number of benzene rings is 2. The molecule has 0 bridgehead atoms. The number of carbonyl (C=O) groups excluding carboxylic acids is 1. The van der Waals surface area contributed by atoms with Crippen LogP contribution in [-0.4, -0.2) is 47.3 Å². The quantitative estimate of drug-likeness (QED) is 0.477. The molecule has 1 atom stereocenters. The van der Waals surface area contributed by atoms with Gasteiger partial charge in [-0.25, -0.2) is 4.98 Å². The van der Waals surface area contributed by atoms with Crippen molar-refractivity contribution >= 4 is 22.5 Å². The fraction of sp³-hybridized carbons (Fsp3) is 0.308. The summed E-state index contributed by atoms with van der Waals surface area (Å²) in [4.78, 5) is 24.8. The maximum Gasteiger partial charge on any atom is 0.259 e. The number of nitrogens with one attached hydrogen (secondary N) is 1. The highest BCUT2D eigenvalue weighted by Gasteiger charge is 2.30. The first-order valence-electron chi connectivity index (χ1n) is 11.4. The largest absolute Gasteiger partial charge is 0.497 e. The summed E-state index contributed by atoms with van der Waals surface area (Å²) >= 11 is 0. The lowest BCUT2D eigenvalue weighted by Crippen LogP contribution is -2.49. The van der Waals surface area contributed by atoms with Crippen molar-refractivity contribution in [1.29, 1.82) is 0 Å². The third-order valence-electron chi connectivity index (χ3n) is 6.24. The van der Waals surface area contributed by atoms with Crippen molar-refractivity contribution in [3.63, 3.8) is 0 Å². The molecule has 8 heteroatoms. The first kappa shape index (κ1) is 22.0. The minimum atomic E-state index is -0.0859. The van der Waals surface area contributed by atoms with Gasteiger partial charge in [-0.05, 0) is 86.6 Å². The number of nitrogens with zero attached hydrogens (tertiary/aromatic N) is 4. The molecule has 2 aromatic carbocycles. The van der Waals surface area contributed by atoms with E-state index in [-0.39, 0.29) is 11.9 Å². The van der Waals surface area contributed by atoms with Gasteiger partial charge in [-0.3, -0.25) is 9.69 Å². The van der Waals surface area contributed by atoms with Gasteiger partial charge in [-0.1, -0.05) is 5.16 Å². The molecule has 0 aliphatic carbocycles. The third kappa shape index (κ3) is 4.12. The van der Waals surface area contributed by atoms with Crippen LogP contribution in [0.5, 0.6) is 5.75 Å². The molecule has 34 heavy (non-hydrogen) atoms. The van der Waals surface area contributed by atoms with Crippen LogP contribution in [0.1, 0.15) is 34.6 Å². The zero-order valence-corrected chi connectivity index (χ0v) is 19.5. The summed E-state index contributed by atoms with van der Waals surface area (Å²) in [6.45, 7) is 5.48. The van der Waals surface area contributed by atoms with E-state index in [1.807, 2.05) is 54.3 Å². The van der Waals surface area contributed by atoms with Gasteiger partial charge in [0.25, 0.3) is 11.8 Å². The van der Waals surface area contributed by atoms with Gasteiger partial charge in [0, 0.05) is 29.3 Å². The molecule has 2 aromatic heterocycles. The van der Waals surface area contributed by atoms with E-state index in [9.17, 15) is 4.79 Å². The molecule has 8 nitrogen and oxygen atoms in total. The van der Waals surface area contributed by atoms with Crippen molar-refractivity contribution in [3.8, 4) is 17.2 Å². The molecule has 1 saturated heterocycles. The van der Waals surface area contributed by atoms with Crippen LogP contribution < -0.4 is 15.0 Å². The minimum absolute atomic E-state index is 0.000816. The van der Waals surface area contributed by atoms with Gasteiger partial charge >= 0.3 is 0 Å². The predicted molar refractivity (Wildman–Crippen MR) is 130 cm³/mol. The van der Waals surface area contributed by atoms with Gasteiger partial charge in [-0.15, -0.1) is 0 Å². The Morgan fingerprint density at radius 1 is 1.18 bits per heavy atom. The molecule has 1 amide bonds. The molecule has 0 saturated carbocycles. The molecule has 1 N–H and O–H groups in total.